The van der Waals surface area contributed by atoms with Gasteiger partial charge < -0.3 is 20.3 Å². The minimum atomic E-state index is 0.144. The molecule has 7 heteroatoms. The molecule has 1 aromatic heterocycles. The second kappa shape index (κ2) is 6.78. The lowest BCUT2D eigenvalue weighted by Gasteiger charge is -2.35. The van der Waals surface area contributed by atoms with Crippen molar-refractivity contribution >= 4 is 11.9 Å². The highest BCUT2D eigenvalue weighted by molar-refractivity contribution is 5.78. The topological polar surface area (TPSA) is 79.9 Å². The quantitative estimate of drug-likeness (QED) is 0.651. The van der Waals surface area contributed by atoms with Crippen LogP contribution in [-0.4, -0.2) is 66.3 Å². The summed E-state index contributed by atoms with van der Waals surface area (Å²) in [5, 5.41) is 0. The molecule has 136 valence electrons. The van der Waals surface area contributed by atoms with E-state index in [4.69, 9.17) is 15.5 Å². The Labute approximate surface area is 149 Å². The third-order valence-corrected chi connectivity index (χ3v) is 5.75. The number of hydrogen-bond donors (Lipinski definition) is 1. The number of nitrogens with two attached hydrogens (primary N) is 1. The van der Waals surface area contributed by atoms with E-state index < -0.39 is 0 Å². The molecule has 25 heavy (non-hydrogen) atoms. The van der Waals surface area contributed by atoms with Gasteiger partial charge in [-0.05, 0) is 31.2 Å². The van der Waals surface area contributed by atoms with Crippen LogP contribution in [0.25, 0.3) is 0 Å². The summed E-state index contributed by atoms with van der Waals surface area (Å²) in [5.74, 6) is 2.20. The van der Waals surface area contributed by atoms with Gasteiger partial charge in [0.25, 0.3) is 0 Å². The Balaban J connectivity index is 1.32. The summed E-state index contributed by atoms with van der Waals surface area (Å²) >= 11 is 0. The maximum atomic E-state index is 6.29. The zero-order chi connectivity index (χ0) is 17.3. The molecule has 2 atom stereocenters. The van der Waals surface area contributed by atoms with Gasteiger partial charge in [-0.15, -0.1) is 0 Å². The molecule has 2 aliphatic heterocycles. The van der Waals surface area contributed by atoms with Gasteiger partial charge in [0.15, 0.2) is 5.96 Å². The third kappa shape index (κ3) is 3.56. The predicted octanol–water partition coefficient (Wildman–Crippen LogP) is 1.12. The summed E-state index contributed by atoms with van der Waals surface area (Å²) in [6.07, 6.45) is 7.64. The molecule has 4 rings (SSSR count). The van der Waals surface area contributed by atoms with E-state index in [-0.39, 0.29) is 5.41 Å². The number of nitrogens with zero attached hydrogens (tertiary/aromatic N) is 5. The first-order valence-electron chi connectivity index (χ1n) is 9.34. The number of aliphatic imine (C=N–C) groups is 1. The van der Waals surface area contributed by atoms with Gasteiger partial charge in [-0.3, -0.25) is 4.99 Å². The molecule has 2 N–H and O–H groups in total. The van der Waals surface area contributed by atoms with Crippen molar-refractivity contribution in [2.75, 3.05) is 44.2 Å². The summed E-state index contributed by atoms with van der Waals surface area (Å²) in [6, 6.07) is 1.84. The molecular formula is C18H28N6O. The molecule has 0 bridgehead atoms. The summed E-state index contributed by atoms with van der Waals surface area (Å²) in [6.45, 7) is 7.38. The predicted molar refractivity (Wildman–Crippen MR) is 97.5 cm³/mol. The summed E-state index contributed by atoms with van der Waals surface area (Å²) in [4.78, 5) is 17.8. The van der Waals surface area contributed by atoms with Crippen molar-refractivity contribution in [3.63, 3.8) is 0 Å². The molecule has 7 nitrogen and oxygen atoms in total. The molecule has 3 heterocycles. The van der Waals surface area contributed by atoms with Gasteiger partial charge in [-0.25, -0.2) is 9.97 Å². The van der Waals surface area contributed by atoms with Crippen LogP contribution in [0.15, 0.2) is 23.5 Å². The Morgan fingerprint density at radius 1 is 1.28 bits per heavy atom. The second-order valence-corrected chi connectivity index (χ2v) is 7.73. The molecule has 1 aromatic rings. The standard InChI is InChI=1S/C18H28N6O/c1-18(5-12-25-15(18)14-3-4-14)13-22-16(19)23-8-10-24(11-9-23)17-20-6-2-7-21-17/h2,6-7,14-15H,3-5,8-13H2,1H3,(H2,19,22). The van der Waals surface area contributed by atoms with Gasteiger partial charge >= 0.3 is 0 Å². The van der Waals surface area contributed by atoms with Crippen molar-refractivity contribution in [3.8, 4) is 0 Å². The van der Waals surface area contributed by atoms with Gasteiger partial charge in [-0.1, -0.05) is 6.92 Å². The first-order chi connectivity index (χ1) is 12.2. The average molecular weight is 344 g/mol. The maximum absolute atomic E-state index is 6.29. The number of rotatable bonds is 4. The molecule has 0 amide bonds. The smallest absolute Gasteiger partial charge is 0.225 e. The van der Waals surface area contributed by atoms with Crippen LogP contribution in [0, 0.1) is 11.3 Å². The Morgan fingerprint density at radius 3 is 2.68 bits per heavy atom. The van der Waals surface area contributed by atoms with E-state index in [9.17, 15) is 0 Å². The van der Waals surface area contributed by atoms with E-state index in [1.165, 1.54) is 12.8 Å². The zero-order valence-corrected chi connectivity index (χ0v) is 15.0. The molecule has 2 saturated heterocycles. The Hall–Kier alpha value is -1.89. The molecule has 1 aliphatic carbocycles. The average Bonchev–Trinajstić information content (AvgIpc) is 3.43. The molecule has 1 saturated carbocycles. The van der Waals surface area contributed by atoms with Gasteiger partial charge in [0, 0.05) is 50.6 Å². The van der Waals surface area contributed by atoms with Crippen molar-refractivity contribution in [2.24, 2.45) is 22.1 Å². The third-order valence-electron chi connectivity index (χ3n) is 5.75. The molecule has 3 aliphatic rings. The highest BCUT2D eigenvalue weighted by Crippen LogP contribution is 2.47. The number of hydrogen-bond acceptors (Lipinski definition) is 5. The normalized spacial score (nSPS) is 30.8. The van der Waals surface area contributed by atoms with E-state index in [0.717, 1.165) is 57.6 Å². The number of aromatic nitrogens is 2. The largest absolute Gasteiger partial charge is 0.377 e. The van der Waals surface area contributed by atoms with Gasteiger partial charge in [0.1, 0.15) is 0 Å². The van der Waals surface area contributed by atoms with Crippen LogP contribution in [0.1, 0.15) is 26.2 Å². The van der Waals surface area contributed by atoms with E-state index in [2.05, 4.69) is 26.7 Å². The fraction of sp³-hybridized carbons (Fsp3) is 0.722. The van der Waals surface area contributed by atoms with Crippen molar-refractivity contribution in [3.05, 3.63) is 18.5 Å². The van der Waals surface area contributed by atoms with E-state index >= 15 is 0 Å². The van der Waals surface area contributed by atoms with Crippen LogP contribution in [0.5, 0.6) is 0 Å². The number of ether oxygens (including phenoxy) is 1. The number of piperazine rings is 1. The molecule has 0 spiro atoms. The van der Waals surface area contributed by atoms with Crippen molar-refractivity contribution in [1.82, 2.24) is 14.9 Å². The van der Waals surface area contributed by atoms with Gasteiger partial charge in [0.05, 0.1) is 12.6 Å². The first-order valence-corrected chi connectivity index (χ1v) is 9.34. The van der Waals surface area contributed by atoms with Gasteiger partial charge in [-0.2, -0.15) is 0 Å². The minimum Gasteiger partial charge on any atom is -0.377 e. The fourth-order valence-corrected chi connectivity index (χ4v) is 3.99. The monoisotopic (exact) mass is 344 g/mol. The summed E-state index contributed by atoms with van der Waals surface area (Å²) in [7, 11) is 0. The lowest BCUT2D eigenvalue weighted by Crippen LogP contribution is -2.51. The van der Waals surface area contributed by atoms with Crippen molar-refractivity contribution < 1.29 is 4.74 Å². The second-order valence-electron chi connectivity index (χ2n) is 7.73. The van der Waals surface area contributed by atoms with Crippen LogP contribution in [-0.2, 0) is 4.74 Å². The number of anilines is 1. The Bertz CT molecular complexity index is 611. The molecular weight excluding hydrogens is 316 g/mol. The Morgan fingerprint density at radius 2 is 2.00 bits per heavy atom. The molecule has 0 radical (unpaired) electrons. The van der Waals surface area contributed by atoms with Crippen LogP contribution >= 0.6 is 0 Å². The molecule has 3 fully saturated rings. The van der Waals surface area contributed by atoms with Crippen LogP contribution in [0.4, 0.5) is 5.95 Å². The maximum Gasteiger partial charge on any atom is 0.225 e. The lowest BCUT2D eigenvalue weighted by molar-refractivity contribution is 0.0424. The highest BCUT2D eigenvalue weighted by atomic mass is 16.5. The molecule has 0 aromatic carbocycles. The van der Waals surface area contributed by atoms with Crippen LogP contribution in [0.2, 0.25) is 0 Å². The SMILES string of the molecule is CC1(CN=C(N)N2CCN(c3ncccn3)CC2)CCOC1C1CC1. The van der Waals surface area contributed by atoms with Gasteiger partial charge in [0.2, 0.25) is 5.95 Å². The van der Waals surface area contributed by atoms with Crippen molar-refractivity contribution in [1.29, 1.82) is 0 Å². The van der Waals surface area contributed by atoms with E-state index in [1.54, 1.807) is 12.4 Å². The van der Waals surface area contributed by atoms with E-state index in [0.29, 0.717) is 12.1 Å². The fourth-order valence-electron chi connectivity index (χ4n) is 3.99. The first kappa shape index (κ1) is 16.6. The van der Waals surface area contributed by atoms with E-state index in [1.807, 2.05) is 6.07 Å². The molecule has 2 unspecified atom stereocenters. The van der Waals surface area contributed by atoms with Crippen LogP contribution in [0.3, 0.4) is 0 Å². The Kier molecular flexibility index (Phi) is 4.50. The number of guanidine groups is 1. The summed E-state index contributed by atoms with van der Waals surface area (Å²) < 4.78 is 5.99. The highest BCUT2D eigenvalue weighted by Gasteiger charge is 2.48. The minimum absolute atomic E-state index is 0.144. The lowest BCUT2D eigenvalue weighted by atomic mass is 9.81. The summed E-state index contributed by atoms with van der Waals surface area (Å²) in [5.41, 5.74) is 6.44. The zero-order valence-electron chi connectivity index (χ0n) is 15.0. The van der Waals surface area contributed by atoms with Crippen molar-refractivity contribution in [2.45, 2.75) is 32.3 Å². The van der Waals surface area contributed by atoms with Crippen LogP contribution < -0.4 is 10.6 Å².